The largest absolute Gasteiger partial charge is 0.490 e. The molecule has 0 radical (unpaired) electrons. The van der Waals surface area contributed by atoms with Crippen molar-refractivity contribution in [3.05, 3.63) is 41.2 Å². The Labute approximate surface area is 152 Å². The fraction of sp³-hybridized carbons (Fsp3) is 0.421. The second kappa shape index (κ2) is 6.82. The van der Waals surface area contributed by atoms with Crippen LogP contribution in [0.3, 0.4) is 0 Å². The average Bonchev–Trinajstić information content (AvgIpc) is 3.00. The number of hydrogen-bond donors (Lipinski definition) is 1. The van der Waals surface area contributed by atoms with E-state index in [-0.39, 0.29) is 17.9 Å². The highest BCUT2D eigenvalue weighted by molar-refractivity contribution is 5.95. The van der Waals surface area contributed by atoms with Crippen LogP contribution in [-0.4, -0.2) is 40.5 Å². The van der Waals surface area contributed by atoms with E-state index in [1.807, 2.05) is 23.1 Å². The molecule has 1 atom stereocenters. The normalized spacial score (nSPS) is 19.3. The summed E-state index contributed by atoms with van der Waals surface area (Å²) in [5.74, 6) is 1.65. The van der Waals surface area contributed by atoms with Crippen molar-refractivity contribution in [1.29, 1.82) is 0 Å². The fourth-order valence-corrected chi connectivity index (χ4v) is 3.59. The van der Waals surface area contributed by atoms with Gasteiger partial charge in [-0.2, -0.15) is 0 Å². The molecule has 0 bridgehead atoms. The number of rotatable bonds is 2. The molecular formula is C19H22N4O3. The van der Waals surface area contributed by atoms with Crippen LogP contribution in [-0.2, 0) is 0 Å². The van der Waals surface area contributed by atoms with Crippen molar-refractivity contribution in [3.8, 4) is 11.5 Å². The second-order valence-electron chi connectivity index (χ2n) is 6.64. The molecule has 0 unspecified atom stereocenters. The minimum Gasteiger partial charge on any atom is -0.490 e. The Balaban J connectivity index is 1.62. The van der Waals surface area contributed by atoms with E-state index in [1.165, 1.54) is 6.20 Å². The first kappa shape index (κ1) is 16.6. The van der Waals surface area contributed by atoms with Crippen molar-refractivity contribution in [3.63, 3.8) is 0 Å². The Bertz CT molecular complexity index is 840. The molecule has 2 aromatic rings. The number of carbonyl (C=O) groups is 1. The quantitative estimate of drug-likeness (QED) is 0.891. The van der Waals surface area contributed by atoms with Crippen molar-refractivity contribution >= 4 is 11.9 Å². The minimum atomic E-state index is -0.0582. The zero-order valence-electron chi connectivity index (χ0n) is 14.8. The van der Waals surface area contributed by atoms with E-state index in [2.05, 4.69) is 9.97 Å². The van der Waals surface area contributed by atoms with Crippen molar-refractivity contribution in [2.45, 2.75) is 32.2 Å². The number of nitrogens with two attached hydrogens (primary N) is 1. The van der Waals surface area contributed by atoms with Crippen LogP contribution >= 0.6 is 0 Å². The van der Waals surface area contributed by atoms with E-state index in [4.69, 9.17) is 15.2 Å². The van der Waals surface area contributed by atoms with Gasteiger partial charge in [0.15, 0.2) is 11.5 Å². The number of aromatic nitrogens is 2. The molecule has 3 heterocycles. The Morgan fingerprint density at radius 2 is 2.04 bits per heavy atom. The first-order chi connectivity index (χ1) is 12.6. The fourth-order valence-electron chi connectivity index (χ4n) is 3.59. The van der Waals surface area contributed by atoms with Crippen LogP contribution < -0.4 is 15.2 Å². The molecule has 1 aromatic heterocycles. The molecule has 0 saturated carbocycles. The summed E-state index contributed by atoms with van der Waals surface area (Å²) in [7, 11) is 0. The highest BCUT2D eigenvalue weighted by Crippen LogP contribution is 2.38. The van der Waals surface area contributed by atoms with Gasteiger partial charge in [0.25, 0.3) is 5.91 Å². The third kappa shape index (κ3) is 3.05. The summed E-state index contributed by atoms with van der Waals surface area (Å²) in [5.41, 5.74) is 7.77. The van der Waals surface area contributed by atoms with Gasteiger partial charge < -0.3 is 20.1 Å². The number of likely N-dealkylation sites (tertiary alicyclic amines) is 1. The van der Waals surface area contributed by atoms with Gasteiger partial charge in [-0.25, -0.2) is 9.97 Å². The van der Waals surface area contributed by atoms with Gasteiger partial charge in [0.2, 0.25) is 5.95 Å². The molecule has 2 aliphatic heterocycles. The minimum absolute atomic E-state index is 0.0107. The SMILES string of the molecule is Cc1nc(N)ncc1C(=O)N1CCC[C@H]1c1ccc2c(c1)OCCCO2. The summed E-state index contributed by atoms with van der Waals surface area (Å²) in [6.45, 7) is 3.80. The van der Waals surface area contributed by atoms with Crippen LogP contribution in [0.5, 0.6) is 11.5 Å². The summed E-state index contributed by atoms with van der Waals surface area (Å²) in [6, 6.07) is 5.98. The predicted octanol–water partition coefficient (Wildman–Crippen LogP) is 2.51. The highest BCUT2D eigenvalue weighted by atomic mass is 16.5. The van der Waals surface area contributed by atoms with Crippen LogP contribution in [0.1, 0.15) is 46.9 Å². The number of fused-ring (bicyclic) bond motifs is 1. The monoisotopic (exact) mass is 354 g/mol. The summed E-state index contributed by atoms with van der Waals surface area (Å²) in [6.07, 6.45) is 4.26. The lowest BCUT2D eigenvalue weighted by Crippen LogP contribution is -2.31. The summed E-state index contributed by atoms with van der Waals surface area (Å²) in [4.78, 5) is 23.0. The highest BCUT2D eigenvalue weighted by Gasteiger charge is 2.32. The first-order valence-electron chi connectivity index (χ1n) is 8.93. The number of benzene rings is 1. The first-order valence-corrected chi connectivity index (χ1v) is 8.93. The smallest absolute Gasteiger partial charge is 0.257 e. The van der Waals surface area contributed by atoms with Crippen LogP contribution in [0.2, 0.25) is 0 Å². The van der Waals surface area contributed by atoms with Crippen molar-refractivity contribution in [2.75, 3.05) is 25.5 Å². The molecule has 1 aromatic carbocycles. The lowest BCUT2D eigenvalue weighted by molar-refractivity contribution is 0.0733. The molecule has 2 aliphatic rings. The standard InChI is InChI=1S/C19H22N4O3/c1-12-14(11-21-19(20)22-12)18(24)23-7-2-4-15(23)13-5-6-16-17(10-13)26-9-3-8-25-16/h5-6,10-11,15H,2-4,7-9H2,1H3,(H2,20,21,22)/t15-/m0/s1. The van der Waals surface area contributed by atoms with E-state index in [9.17, 15) is 4.79 Å². The van der Waals surface area contributed by atoms with Crippen LogP contribution in [0.15, 0.2) is 24.4 Å². The third-order valence-electron chi connectivity index (χ3n) is 4.90. The van der Waals surface area contributed by atoms with Crippen molar-refractivity contribution < 1.29 is 14.3 Å². The zero-order chi connectivity index (χ0) is 18.1. The number of anilines is 1. The summed E-state index contributed by atoms with van der Waals surface area (Å²) in [5, 5.41) is 0. The van der Waals surface area contributed by atoms with Gasteiger partial charge in [-0.1, -0.05) is 6.07 Å². The average molecular weight is 354 g/mol. The third-order valence-corrected chi connectivity index (χ3v) is 4.90. The van der Waals surface area contributed by atoms with Gasteiger partial charge in [-0.05, 0) is 37.5 Å². The maximum atomic E-state index is 13.1. The maximum Gasteiger partial charge on any atom is 0.257 e. The van der Waals surface area contributed by atoms with E-state index >= 15 is 0 Å². The van der Waals surface area contributed by atoms with E-state index in [0.717, 1.165) is 36.3 Å². The van der Waals surface area contributed by atoms with E-state index in [1.54, 1.807) is 6.92 Å². The second-order valence-corrected chi connectivity index (χ2v) is 6.64. The zero-order valence-corrected chi connectivity index (χ0v) is 14.8. The van der Waals surface area contributed by atoms with Gasteiger partial charge in [0.05, 0.1) is 30.5 Å². The van der Waals surface area contributed by atoms with Crippen molar-refractivity contribution in [2.24, 2.45) is 0 Å². The molecule has 0 spiro atoms. The number of carbonyl (C=O) groups excluding carboxylic acids is 1. The summed E-state index contributed by atoms with van der Waals surface area (Å²) >= 11 is 0. The van der Waals surface area contributed by atoms with Gasteiger partial charge >= 0.3 is 0 Å². The lowest BCUT2D eigenvalue weighted by Gasteiger charge is -2.26. The maximum absolute atomic E-state index is 13.1. The number of nitrogen functional groups attached to an aromatic ring is 1. The molecule has 0 aliphatic carbocycles. The van der Waals surface area contributed by atoms with Crippen molar-refractivity contribution in [1.82, 2.24) is 14.9 Å². The van der Waals surface area contributed by atoms with Gasteiger partial charge in [-0.15, -0.1) is 0 Å². The molecule has 7 heteroatoms. The molecule has 7 nitrogen and oxygen atoms in total. The van der Waals surface area contributed by atoms with Crippen LogP contribution in [0.25, 0.3) is 0 Å². The Morgan fingerprint density at radius 3 is 2.85 bits per heavy atom. The molecule has 4 rings (SSSR count). The molecular weight excluding hydrogens is 332 g/mol. The van der Waals surface area contributed by atoms with Gasteiger partial charge in [0, 0.05) is 19.2 Å². The van der Waals surface area contributed by atoms with E-state index in [0.29, 0.717) is 31.0 Å². The molecule has 136 valence electrons. The lowest BCUT2D eigenvalue weighted by atomic mass is 10.0. The van der Waals surface area contributed by atoms with Crippen LogP contribution in [0, 0.1) is 6.92 Å². The molecule has 2 N–H and O–H groups in total. The molecule has 1 saturated heterocycles. The Hall–Kier alpha value is -2.83. The molecule has 1 fully saturated rings. The number of aryl methyl sites for hydroxylation is 1. The van der Waals surface area contributed by atoms with E-state index < -0.39 is 0 Å². The Morgan fingerprint density at radius 1 is 1.23 bits per heavy atom. The topological polar surface area (TPSA) is 90.6 Å². The van der Waals surface area contributed by atoms with Crippen LogP contribution in [0.4, 0.5) is 5.95 Å². The van der Waals surface area contributed by atoms with Gasteiger partial charge in [0.1, 0.15) is 0 Å². The number of amides is 1. The molecule has 26 heavy (non-hydrogen) atoms. The predicted molar refractivity (Wildman–Crippen MR) is 96.2 cm³/mol. The number of ether oxygens (including phenoxy) is 2. The number of hydrogen-bond acceptors (Lipinski definition) is 6. The van der Waals surface area contributed by atoms with Gasteiger partial charge in [-0.3, -0.25) is 4.79 Å². The molecule has 1 amide bonds. The summed E-state index contributed by atoms with van der Waals surface area (Å²) < 4.78 is 11.5. The Kier molecular flexibility index (Phi) is 4.36. The number of nitrogens with zero attached hydrogens (tertiary/aromatic N) is 3.